The van der Waals surface area contributed by atoms with Gasteiger partial charge in [-0.05, 0) is 68.0 Å². The number of carbonyl (C=O) groups excluding carboxylic acids is 2. The van der Waals surface area contributed by atoms with E-state index < -0.39 is 21.0 Å². The fraction of sp³-hybridized carbons (Fsp3) is 0.417. The Morgan fingerprint density at radius 1 is 1.13 bits per heavy atom. The molecule has 2 atom stereocenters. The highest BCUT2D eigenvalue weighted by atomic mass is 32.2. The third-order valence-electron chi connectivity index (χ3n) is 6.38. The van der Waals surface area contributed by atoms with Gasteiger partial charge in [-0.1, -0.05) is 24.3 Å². The summed E-state index contributed by atoms with van der Waals surface area (Å²) in [5.74, 6) is -0.635. The first-order valence-electron chi connectivity index (χ1n) is 10.6. The molecule has 1 heterocycles. The molecule has 1 aliphatic heterocycles. The minimum atomic E-state index is -2.76. The topological polar surface area (TPSA) is 66.8 Å². The third kappa shape index (κ3) is 4.28. The normalized spacial score (nSPS) is 25.6. The zero-order valence-corrected chi connectivity index (χ0v) is 18.7. The number of aryl methyl sites for hydroxylation is 2. The van der Waals surface area contributed by atoms with E-state index in [9.17, 15) is 18.2 Å². The average molecular weight is 443 g/mol. The summed E-state index contributed by atoms with van der Waals surface area (Å²) < 4.78 is 31.5. The van der Waals surface area contributed by atoms with E-state index in [1.807, 2.05) is 31.2 Å². The largest absolute Gasteiger partial charge is 0.338 e. The Morgan fingerprint density at radius 2 is 1.90 bits per heavy atom. The number of hydrogen-bond acceptors (Lipinski definition) is 3. The van der Waals surface area contributed by atoms with Gasteiger partial charge < -0.3 is 4.90 Å². The van der Waals surface area contributed by atoms with Crippen LogP contribution in [0.25, 0.3) is 0 Å². The Hall–Kier alpha value is -2.54. The van der Waals surface area contributed by atoms with E-state index in [0.29, 0.717) is 24.9 Å². The standard InChI is InChI=1S/C24H27FN2O3S/c1-17-14-19(16-20(25)15-17)22(28)27-10-5-12-31(30,13-11-27)26-23(29)24(2)9-8-18-6-3-4-7-21(18)24/h3-4,6-7,14-16H,5,8-13H2,1-2H3. The van der Waals surface area contributed by atoms with Gasteiger partial charge in [-0.15, -0.1) is 0 Å². The van der Waals surface area contributed by atoms with Gasteiger partial charge in [0.05, 0.1) is 15.1 Å². The molecule has 5 nitrogen and oxygen atoms in total. The van der Waals surface area contributed by atoms with Gasteiger partial charge in [0, 0.05) is 30.2 Å². The predicted octanol–water partition coefficient (Wildman–Crippen LogP) is 3.88. The molecular weight excluding hydrogens is 415 g/mol. The number of fused-ring (bicyclic) bond motifs is 1. The van der Waals surface area contributed by atoms with Crippen LogP contribution in [0.15, 0.2) is 46.8 Å². The maximum Gasteiger partial charge on any atom is 0.264 e. The smallest absolute Gasteiger partial charge is 0.264 e. The number of carbonyl (C=O) groups is 2. The summed E-state index contributed by atoms with van der Waals surface area (Å²) in [5, 5.41) is 0. The van der Waals surface area contributed by atoms with Crippen molar-refractivity contribution in [2.45, 2.75) is 38.5 Å². The number of benzene rings is 2. The van der Waals surface area contributed by atoms with Gasteiger partial charge in [-0.25, -0.2) is 8.60 Å². The van der Waals surface area contributed by atoms with Crippen LogP contribution in [-0.2, 0) is 26.4 Å². The maximum atomic E-state index is 13.7. The number of amides is 2. The van der Waals surface area contributed by atoms with Crippen LogP contribution in [0.1, 0.15) is 46.8 Å². The van der Waals surface area contributed by atoms with Crippen molar-refractivity contribution in [1.29, 1.82) is 0 Å². The summed E-state index contributed by atoms with van der Waals surface area (Å²) in [6, 6.07) is 12.1. The first kappa shape index (κ1) is 21.7. The maximum absolute atomic E-state index is 13.7. The van der Waals surface area contributed by atoms with Crippen molar-refractivity contribution in [2.75, 3.05) is 24.6 Å². The van der Waals surface area contributed by atoms with Gasteiger partial charge in [0.25, 0.3) is 11.8 Å². The zero-order chi connectivity index (χ0) is 22.2. The van der Waals surface area contributed by atoms with E-state index in [1.54, 1.807) is 17.9 Å². The Kier molecular flexibility index (Phi) is 5.73. The molecule has 2 unspecified atom stereocenters. The number of nitrogens with zero attached hydrogens (tertiary/aromatic N) is 2. The zero-order valence-electron chi connectivity index (χ0n) is 17.9. The fourth-order valence-corrected chi connectivity index (χ4v) is 6.53. The lowest BCUT2D eigenvalue weighted by atomic mass is 9.83. The minimum absolute atomic E-state index is 0.149. The van der Waals surface area contributed by atoms with Crippen molar-refractivity contribution in [3.05, 3.63) is 70.5 Å². The molecule has 2 aromatic carbocycles. The quantitative estimate of drug-likeness (QED) is 0.709. The van der Waals surface area contributed by atoms with E-state index in [2.05, 4.69) is 4.36 Å². The summed E-state index contributed by atoms with van der Waals surface area (Å²) >= 11 is 0. The minimum Gasteiger partial charge on any atom is -0.338 e. The summed E-state index contributed by atoms with van der Waals surface area (Å²) in [5.41, 5.74) is 2.33. The monoisotopic (exact) mass is 442 g/mol. The van der Waals surface area contributed by atoms with Crippen LogP contribution >= 0.6 is 0 Å². The fourth-order valence-electron chi connectivity index (χ4n) is 4.55. The molecule has 1 fully saturated rings. The molecule has 2 amide bonds. The highest BCUT2D eigenvalue weighted by Crippen LogP contribution is 2.40. The Balaban J connectivity index is 1.53. The van der Waals surface area contributed by atoms with Gasteiger partial charge in [0.1, 0.15) is 5.82 Å². The average Bonchev–Trinajstić information content (AvgIpc) is 2.95. The second-order valence-electron chi connectivity index (χ2n) is 8.73. The van der Waals surface area contributed by atoms with Crippen LogP contribution in [-0.4, -0.2) is 45.5 Å². The van der Waals surface area contributed by atoms with Crippen molar-refractivity contribution in [3.8, 4) is 0 Å². The summed E-state index contributed by atoms with van der Waals surface area (Å²) in [6.45, 7) is 4.26. The Labute approximate surface area is 182 Å². The van der Waals surface area contributed by atoms with E-state index in [-0.39, 0.29) is 35.4 Å². The molecule has 0 radical (unpaired) electrons. The van der Waals surface area contributed by atoms with E-state index in [4.69, 9.17) is 0 Å². The van der Waals surface area contributed by atoms with Gasteiger partial charge in [-0.3, -0.25) is 9.59 Å². The SMILES string of the molecule is Cc1cc(F)cc(C(=O)N2CCCS(=O)(=NC(=O)C3(C)CCc4ccccc43)CC2)c1. The van der Waals surface area contributed by atoms with Crippen LogP contribution in [0.3, 0.4) is 0 Å². The van der Waals surface area contributed by atoms with E-state index >= 15 is 0 Å². The highest BCUT2D eigenvalue weighted by Gasteiger charge is 2.41. The second kappa shape index (κ2) is 8.19. The predicted molar refractivity (Wildman–Crippen MR) is 119 cm³/mol. The molecule has 0 saturated carbocycles. The molecule has 31 heavy (non-hydrogen) atoms. The summed E-state index contributed by atoms with van der Waals surface area (Å²) in [7, 11) is -2.76. The molecule has 0 N–H and O–H groups in total. The molecule has 2 aromatic rings. The van der Waals surface area contributed by atoms with Gasteiger partial charge >= 0.3 is 0 Å². The lowest BCUT2D eigenvalue weighted by molar-refractivity contribution is -0.122. The molecule has 1 aliphatic carbocycles. The third-order valence-corrected chi connectivity index (χ3v) is 8.62. The Bertz CT molecular complexity index is 1150. The highest BCUT2D eigenvalue weighted by molar-refractivity contribution is 7.93. The van der Waals surface area contributed by atoms with Crippen molar-refractivity contribution < 1.29 is 18.2 Å². The molecule has 1 saturated heterocycles. The Morgan fingerprint density at radius 3 is 2.68 bits per heavy atom. The van der Waals surface area contributed by atoms with Crippen molar-refractivity contribution in [2.24, 2.45) is 4.36 Å². The van der Waals surface area contributed by atoms with E-state index in [1.165, 1.54) is 12.1 Å². The molecule has 164 valence electrons. The lowest BCUT2D eigenvalue weighted by Crippen LogP contribution is -2.34. The summed E-state index contributed by atoms with van der Waals surface area (Å²) in [6.07, 6.45) is 1.96. The van der Waals surface area contributed by atoms with E-state index in [0.717, 1.165) is 17.5 Å². The second-order valence-corrected chi connectivity index (χ2v) is 11.3. The van der Waals surface area contributed by atoms with Crippen LogP contribution in [0, 0.1) is 12.7 Å². The van der Waals surface area contributed by atoms with Crippen LogP contribution in [0.5, 0.6) is 0 Å². The number of hydrogen-bond donors (Lipinski definition) is 0. The van der Waals surface area contributed by atoms with Gasteiger partial charge in [0.2, 0.25) is 0 Å². The van der Waals surface area contributed by atoms with Crippen LogP contribution in [0.4, 0.5) is 4.39 Å². The molecule has 7 heteroatoms. The number of rotatable bonds is 2. The van der Waals surface area contributed by atoms with Gasteiger partial charge in [0.15, 0.2) is 0 Å². The van der Waals surface area contributed by atoms with Gasteiger partial charge in [-0.2, -0.15) is 4.36 Å². The first-order valence-corrected chi connectivity index (χ1v) is 12.5. The molecule has 0 bridgehead atoms. The van der Waals surface area contributed by atoms with Crippen LogP contribution < -0.4 is 0 Å². The lowest BCUT2D eigenvalue weighted by Gasteiger charge is -2.22. The molecule has 0 spiro atoms. The first-order chi connectivity index (χ1) is 14.7. The van der Waals surface area contributed by atoms with Crippen molar-refractivity contribution in [1.82, 2.24) is 4.90 Å². The molecular formula is C24H27FN2O3S. The summed E-state index contributed by atoms with van der Waals surface area (Å²) in [4.78, 5) is 27.6. The van der Waals surface area contributed by atoms with Crippen molar-refractivity contribution >= 4 is 21.5 Å². The molecule has 2 aliphatic rings. The van der Waals surface area contributed by atoms with Crippen LogP contribution in [0.2, 0.25) is 0 Å². The molecule has 0 aromatic heterocycles. The number of halogens is 1. The molecule has 4 rings (SSSR count). The van der Waals surface area contributed by atoms with Crippen molar-refractivity contribution in [3.63, 3.8) is 0 Å².